The van der Waals surface area contributed by atoms with E-state index in [1.165, 1.54) is 13.3 Å². The van der Waals surface area contributed by atoms with Gasteiger partial charge in [-0.1, -0.05) is 18.2 Å². The van der Waals surface area contributed by atoms with E-state index in [0.717, 1.165) is 37.2 Å². The number of nitrogens with zero attached hydrogens (tertiary/aromatic N) is 1. The lowest BCUT2D eigenvalue weighted by Gasteiger charge is -2.32. The molecule has 0 spiro atoms. The Kier molecular flexibility index (Phi) is 5.59. The number of carbonyl (C=O) groups is 1. The number of nitrogens with one attached hydrogen (secondary N) is 1. The van der Waals surface area contributed by atoms with E-state index < -0.39 is 12.2 Å². The molecule has 1 fully saturated rings. The smallest absolute Gasteiger partial charge is 0.216 e. The van der Waals surface area contributed by atoms with Gasteiger partial charge in [0.25, 0.3) is 0 Å². The van der Waals surface area contributed by atoms with Crippen LogP contribution in [0.2, 0.25) is 0 Å². The maximum absolute atomic E-state index is 10.9. The molecule has 0 radical (unpaired) electrons. The maximum Gasteiger partial charge on any atom is 0.216 e. The fraction of sp³-hybridized carbons (Fsp3) is 0.562. The van der Waals surface area contributed by atoms with Crippen molar-refractivity contribution in [3.63, 3.8) is 0 Å². The van der Waals surface area contributed by atoms with E-state index in [0.29, 0.717) is 0 Å². The number of piperidine rings is 1. The van der Waals surface area contributed by atoms with Crippen LogP contribution >= 0.6 is 0 Å². The van der Waals surface area contributed by atoms with Crippen molar-refractivity contribution < 1.29 is 15.0 Å². The Labute approximate surface area is 125 Å². The second-order valence-electron chi connectivity index (χ2n) is 5.56. The molecule has 116 valence electrons. The Morgan fingerprint density at radius 2 is 1.90 bits per heavy atom. The first-order chi connectivity index (χ1) is 10.1. The Bertz CT molecular complexity index is 472. The van der Waals surface area contributed by atoms with Crippen molar-refractivity contribution in [2.24, 2.45) is 0 Å². The van der Waals surface area contributed by atoms with Crippen molar-refractivity contribution in [1.29, 1.82) is 0 Å². The lowest BCUT2D eigenvalue weighted by atomic mass is 10.00. The second-order valence-corrected chi connectivity index (χ2v) is 5.56. The van der Waals surface area contributed by atoms with E-state index in [2.05, 4.69) is 10.2 Å². The average Bonchev–Trinajstić information content (AvgIpc) is 2.52. The van der Waals surface area contributed by atoms with Crippen molar-refractivity contribution in [2.75, 3.05) is 24.5 Å². The van der Waals surface area contributed by atoms with Crippen molar-refractivity contribution in [3.8, 4) is 0 Å². The highest BCUT2D eigenvalue weighted by molar-refractivity contribution is 5.72. The van der Waals surface area contributed by atoms with Gasteiger partial charge in [0.2, 0.25) is 5.91 Å². The van der Waals surface area contributed by atoms with Gasteiger partial charge < -0.3 is 20.4 Å². The van der Waals surface area contributed by atoms with Crippen LogP contribution in [0.15, 0.2) is 24.3 Å². The van der Waals surface area contributed by atoms with Gasteiger partial charge in [-0.2, -0.15) is 0 Å². The SMILES string of the molecule is CC(=O)NCC(O)C(O)c1ccccc1N1CCCCC1. The summed E-state index contributed by atoms with van der Waals surface area (Å²) in [5, 5.41) is 23.0. The molecule has 2 unspecified atom stereocenters. The van der Waals surface area contributed by atoms with E-state index in [-0.39, 0.29) is 12.5 Å². The van der Waals surface area contributed by atoms with E-state index in [9.17, 15) is 15.0 Å². The number of benzene rings is 1. The molecule has 5 nitrogen and oxygen atoms in total. The molecule has 1 aromatic rings. The molecule has 0 aliphatic carbocycles. The Balaban J connectivity index is 2.12. The first kappa shape index (κ1) is 15.8. The van der Waals surface area contributed by atoms with Gasteiger partial charge in [0.05, 0.1) is 0 Å². The van der Waals surface area contributed by atoms with Crippen molar-refractivity contribution in [1.82, 2.24) is 5.32 Å². The molecule has 0 aromatic heterocycles. The van der Waals surface area contributed by atoms with Crippen LogP contribution < -0.4 is 10.2 Å². The molecule has 2 atom stereocenters. The molecule has 5 heteroatoms. The fourth-order valence-electron chi connectivity index (χ4n) is 2.73. The summed E-state index contributed by atoms with van der Waals surface area (Å²) in [7, 11) is 0. The molecule has 1 aromatic carbocycles. The van der Waals surface area contributed by atoms with Crippen LogP contribution in [-0.4, -0.2) is 41.9 Å². The van der Waals surface area contributed by atoms with Crippen LogP contribution in [0.25, 0.3) is 0 Å². The van der Waals surface area contributed by atoms with Crippen LogP contribution in [0.1, 0.15) is 37.9 Å². The highest BCUT2D eigenvalue weighted by Gasteiger charge is 2.23. The molecule has 21 heavy (non-hydrogen) atoms. The molecule has 2 rings (SSSR count). The molecule has 0 saturated carbocycles. The number of para-hydroxylation sites is 1. The van der Waals surface area contributed by atoms with Gasteiger partial charge in [-0.05, 0) is 25.3 Å². The summed E-state index contributed by atoms with van der Waals surface area (Å²) < 4.78 is 0. The Morgan fingerprint density at radius 3 is 2.57 bits per heavy atom. The van der Waals surface area contributed by atoms with Crippen molar-refractivity contribution >= 4 is 11.6 Å². The second kappa shape index (κ2) is 7.43. The molecule has 3 N–H and O–H groups in total. The van der Waals surface area contributed by atoms with Gasteiger partial charge in [-0.25, -0.2) is 0 Å². The molecule has 1 aliphatic heterocycles. The molecule has 1 heterocycles. The first-order valence-electron chi connectivity index (χ1n) is 7.54. The summed E-state index contributed by atoms with van der Waals surface area (Å²) in [6, 6.07) is 7.62. The summed E-state index contributed by atoms with van der Waals surface area (Å²) >= 11 is 0. The molecule has 0 bridgehead atoms. The zero-order valence-corrected chi connectivity index (χ0v) is 12.5. The predicted molar refractivity (Wildman–Crippen MR) is 82.2 cm³/mol. The number of hydrogen-bond acceptors (Lipinski definition) is 4. The lowest BCUT2D eigenvalue weighted by Crippen LogP contribution is -2.36. The van der Waals surface area contributed by atoms with Crippen LogP contribution in [0.4, 0.5) is 5.69 Å². The highest BCUT2D eigenvalue weighted by Crippen LogP contribution is 2.30. The maximum atomic E-state index is 10.9. The zero-order valence-electron chi connectivity index (χ0n) is 12.5. The average molecular weight is 292 g/mol. The summed E-state index contributed by atoms with van der Waals surface area (Å²) in [4.78, 5) is 13.2. The van der Waals surface area contributed by atoms with Gasteiger partial charge in [0, 0.05) is 37.8 Å². The number of amides is 1. The van der Waals surface area contributed by atoms with Crippen LogP contribution in [0, 0.1) is 0 Å². The minimum absolute atomic E-state index is 0.0465. The van der Waals surface area contributed by atoms with Gasteiger partial charge in [0.1, 0.15) is 12.2 Å². The third kappa shape index (κ3) is 4.19. The molecule has 1 aliphatic rings. The highest BCUT2D eigenvalue weighted by atomic mass is 16.3. The minimum Gasteiger partial charge on any atom is -0.388 e. The van der Waals surface area contributed by atoms with E-state index in [1.54, 1.807) is 0 Å². The quantitative estimate of drug-likeness (QED) is 0.762. The number of rotatable bonds is 5. The first-order valence-corrected chi connectivity index (χ1v) is 7.54. The molecular weight excluding hydrogens is 268 g/mol. The van der Waals surface area contributed by atoms with E-state index in [4.69, 9.17) is 0 Å². The summed E-state index contributed by atoms with van der Waals surface area (Å²) in [5.74, 6) is -0.217. The molecule has 1 saturated heterocycles. The summed E-state index contributed by atoms with van der Waals surface area (Å²) in [6.07, 6.45) is 1.53. The standard InChI is InChI=1S/C16H24N2O3/c1-12(19)17-11-15(20)16(21)13-7-3-4-8-14(13)18-9-5-2-6-10-18/h3-4,7-8,15-16,20-21H,2,5-6,9-11H2,1H3,(H,17,19). The zero-order chi connectivity index (χ0) is 15.2. The number of aliphatic hydroxyl groups is 2. The Hall–Kier alpha value is -1.59. The van der Waals surface area contributed by atoms with Crippen LogP contribution in [0.5, 0.6) is 0 Å². The van der Waals surface area contributed by atoms with Gasteiger partial charge in [-0.15, -0.1) is 0 Å². The van der Waals surface area contributed by atoms with Crippen LogP contribution in [-0.2, 0) is 4.79 Å². The number of hydrogen-bond donors (Lipinski definition) is 3. The lowest BCUT2D eigenvalue weighted by molar-refractivity contribution is -0.119. The monoisotopic (exact) mass is 292 g/mol. The molecule has 1 amide bonds. The summed E-state index contributed by atoms with van der Waals surface area (Å²) in [5.41, 5.74) is 1.70. The van der Waals surface area contributed by atoms with Gasteiger partial charge in [-0.3, -0.25) is 4.79 Å². The number of anilines is 1. The fourth-order valence-corrected chi connectivity index (χ4v) is 2.73. The molecular formula is C16H24N2O3. The van der Waals surface area contributed by atoms with Crippen LogP contribution in [0.3, 0.4) is 0 Å². The third-order valence-corrected chi connectivity index (χ3v) is 3.88. The van der Waals surface area contributed by atoms with E-state index in [1.807, 2.05) is 24.3 Å². The predicted octanol–water partition coefficient (Wildman–Crippen LogP) is 1.21. The summed E-state index contributed by atoms with van der Waals surface area (Å²) in [6.45, 7) is 3.39. The van der Waals surface area contributed by atoms with Crippen molar-refractivity contribution in [3.05, 3.63) is 29.8 Å². The third-order valence-electron chi connectivity index (χ3n) is 3.88. The van der Waals surface area contributed by atoms with Gasteiger partial charge in [0.15, 0.2) is 0 Å². The number of aliphatic hydroxyl groups excluding tert-OH is 2. The Morgan fingerprint density at radius 1 is 1.24 bits per heavy atom. The van der Waals surface area contributed by atoms with Gasteiger partial charge >= 0.3 is 0 Å². The number of carbonyl (C=O) groups excluding carboxylic acids is 1. The minimum atomic E-state index is -1.01. The normalized spacial score (nSPS) is 18.1. The van der Waals surface area contributed by atoms with Crippen molar-refractivity contribution in [2.45, 2.75) is 38.4 Å². The van der Waals surface area contributed by atoms with E-state index >= 15 is 0 Å². The largest absolute Gasteiger partial charge is 0.388 e. The topological polar surface area (TPSA) is 72.8 Å².